The summed E-state index contributed by atoms with van der Waals surface area (Å²) < 4.78 is 10.7. The van der Waals surface area contributed by atoms with Crippen molar-refractivity contribution in [3.63, 3.8) is 0 Å². The Morgan fingerprint density at radius 3 is 2.50 bits per heavy atom. The maximum absolute atomic E-state index is 11.8. The highest BCUT2D eigenvalue weighted by Crippen LogP contribution is 2.57. The SMILES string of the molecule is COC(=O)C1(C)OC12CCCC(C(C)(C)C)CC2. The third-order valence-corrected chi connectivity index (χ3v) is 5.06. The predicted molar refractivity (Wildman–Crippen MR) is 70.3 cm³/mol. The third-order valence-electron chi connectivity index (χ3n) is 5.06. The van der Waals surface area contributed by atoms with Crippen molar-refractivity contribution in [1.82, 2.24) is 0 Å². The second kappa shape index (κ2) is 4.22. The second-order valence-electron chi connectivity index (χ2n) is 7.12. The van der Waals surface area contributed by atoms with Gasteiger partial charge in [0.1, 0.15) is 5.60 Å². The fourth-order valence-electron chi connectivity index (χ4n) is 3.54. The van der Waals surface area contributed by atoms with Crippen LogP contribution in [0.3, 0.4) is 0 Å². The number of carbonyl (C=O) groups is 1. The molecular weight excluding hydrogens is 228 g/mol. The quantitative estimate of drug-likeness (QED) is 0.532. The molecule has 0 N–H and O–H groups in total. The van der Waals surface area contributed by atoms with Crippen molar-refractivity contribution in [2.45, 2.75) is 71.0 Å². The van der Waals surface area contributed by atoms with Crippen LogP contribution in [0.4, 0.5) is 0 Å². The molecule has 18 heavy (non-hydrogen) atoms. The minimum Gasteiger partial charge on any atom is -0.467 e. The van der Waals surface area contributed by atoms with Crippen LogP contribution in [0.25, 0.3) is 0 Å². The molecule has 0 aromatic heterocycles. The first kappa shape index (κ1) is 13.9. The van der Waals surface area contributed by atoms with Crippen molar-refractivity contribution in [3.8, 4) is 0 Å². The summed E-state index contributed by atoms with van der Waals surface area (Å²) in [6.07, 6.45) is 5.52. The van der Waals surface area contributed by atoms with E-state index in [0.717, 1.165) is 31.6 Å². The predicted octanol–water partition coefficient (Wildman–Crippen LogP) is 3.31. The number of esters is 1. The van der Waals surface area contributed by atoms with Crippen LogP contribution in [0.1, 0.15) is 59.8 Å². The molecule has 2 aliphatic rings. The van der Waals surface area contributed by atoms with Crippen LogP contribution in [0.5, 0.6) is 0 Å². The van der Waals surface area contributed by atoms with Gasteiger partial charge in [-0.05, 0) is 43.9 Å². The van der Waals surface area contributed by atoms with Gasteiger partial charge in [-0.3, -0.25) is 0 Å². The lowest BCUT2D eigenvalue weighted by atomic mass is 9.76. The summed E-state index contributed by atoms with van der Waals surface area (Å²) >= 11 is 0. The highest BCUT2D eigenvalue weighted by molar-refractivity contribution is 5.84. The molecule has 1 saturated carbocycles. The van der Waals surface area contributed by atoms with E-state index in [1.807, 2.05) is 6.92 Å². The molecule has 0 radical (unpaired) electrons. The van der Waals surface area contributed by atoms with Crippen molar-refractivity contribution in [3.05, 3.63) is 0 Å². The van der Waals surface area contributed by atoms with Crippen LogP contribution in [-0.4, -0.2) is 24.3 Å². The van der Waals surface area contributed by atoms with E-state index < -0.39 is 5.60 Å². The fourth-order valence-corrected chi connectivity index (χ4v) is 3.54. The summed E-state index contributed by atoms with van der Waals surface area (Å²) in [6, 6.07) is 0. The summed E-state index contributed by atoms with van der Waals surface area (Å²) in [5, 5.41) is 0. The number of hydrogen-bond acceptors (Lipinski definition) is 3. The molecule has 104 valence electrons. The summed E-state index contributed by atoms with van der Waals surface area (Å²) in [4.78, 5) is 11.8. The summed E-state index contributed by atoms with van der Waals surface area (Å²) in [5.74, 6) is 0.514. The molecule has 1 aliphatic carbocycles. The molecule has 2 rings (SSSR count). The number of ether oxygens (including phenoxy) is 2. The maximum Gasteiger partial charge on any atom is 0.340 e. The molecule has 0 aromatic rings. The van der Waals surface area contributed by atoms with Gasteiger partial charge in [-0.25, -0.2) is 4.79 Å². The van der Waals surface area contributed by atoms with Gasteiger partial charge in [0.15, 0.2) is 5.60 Å². The Balaban J connectivity index is 2.06. The number of methoxy groups -OCH3 is 1. The van der Waals surface area contributed by atoms with E-state index in [9.17, 15) is 4.79 Å². The van der Waals surface area contributed by atoms with Crippen LogP contribution in [-0.2, 0) is 14.3 Å². The van der Waals surface area contributed by atoms with Gasteiger partial charge in [-0.2, -0.15) is 0 Å². The van der Waals surface area contributed by atoms with E-state index in [0.29, 0.717) is 5.41 Å². The van der Waals surface area contributed by atoms with Crippen LogP contribution in [0, 0.1) is 11.3 Å². The molecule has 1 heterocycles. The fraction of sp³-hybridized carbons (Fsp3) is 0.933. The monoisotopic (exact) mass is 254 g/mol. The van der Waals surface area contributed by atoms with Gasteiger partial charge in [0.2, 0.25) is 0 Å². The molecule has 0 bridgehead atoms. The zero-order chi connectivity index (χ0) is 13.6. The van der Waals surface area contributed by atoms with E-state index in [-0.39, 0.29) is 11.6 Å². The van der Waals surface area contributed by atoms with Gasteiger partial charge < -0.3 is 9.47 Å². The Hall–Kier alpha value is -0.570. The Morgan fingerprint density at radius 2 is 1.94 bits per heavy atom. The summed E-state index contributed by atoms with van der Waals surface area (Å²) in [5.41, 5.74) is -0.573. The average Bonchev–Trinajstić information content (AvgIpc) is 2.94. The number of epoxide rings is 1. The highest BCUT2D eigenvalue weighted by Gasteiger charge is 2.71. The third kappa shape index (κ3) is 2.07. The van der Waals surface area contributed by atoms with Crippen LogP contribution < -0.4 is 0 Å². The molecule has 1 saturated heterocycles. The Labute approximate surface area is 110 Å². The zero-order valence-corrected chi connectivity index (χ0v) is 12.3. The van der Waals surface area contributed by atoms with Crippen LogP contribution in [0.2, 0.25) is 0 Å². The molecule has 2 fully saturated rings. The lowest BCUT2D eigenvalue weighted by Crippen LogP contribution is -2.32. The molecule has 3 heteroatoms. The molecule has 0 aromatic carbocycles. The number of hydrogen-bond donors (Lipinski definition) is 0. The Morgan fingerprint density at radius 1 is 1.28 bits per heavy atom. The van der Waals surface area contributed by atoms with Gasteiger partial charge in [0.05, 0.1) is 7.11 Å². The number of rotatable bonds is 1. The largest absolute Gasteiger partial charge is 0.467 e. The second-order valence-corrected chi connectivity index (χ2v) is 7.12. The number of carbonyl (C=O) groups excluding carboxylic acids is 1. The first-order valence-corrected chi connectivity index (χ1v) is 7.04. The van der Waals surface area contributed by atoms with E-state index in [1.54, 1.807) is 0 Å². The smallest absolute Gasteiger partial charge is 0.340 e. The normalized spacial score (nSPS) is 40.4. The van der Waals surface area contributed by atoms with Crippen molar-refractivity contribution < 1.29 is 14.3 Å². The minimum absolute atomic E-state index is 0.211. The maximum atomic E-state index is 11.8. The summed E-state index contributed by atoms with van der Waals surface area (Å²) in [7, 11) is 1.44. The van der Waals surface area contributed by atoms with Crippen molar-refractivity contribution in [1.29, 1.82) is 0 Å². The molecule has 0 amide bonds. The highest BCUT2D eigenvalue weighted by atomic mass is 16.7. The standard InChI is InChI=1S/C15H26O3/c1-13(2,3)11-7-6-9-15(10-8-11)14(4,18-15)12(16)17-5/h11H,6-10H2,1-5H3. The van der Waals surface area contributed by atoms with E-state index in [4.69, 9.17) is 9.47 Å². The van der Waals surface area contributed by atoms with Crippen LogP contribution in [0.15, 0.2) is 0 Å². The average molecular weight is 254 g/mol. The lowest BCUT2D eigenvalue weighted by molar-refractivity contribution is -0.146. The first-order chi connectivity index (χ1) is 8.25. The van der Waals surface area contributed by atoms with E-state index in [2.05, 4.69) is 20.8 Å². The van der Waals surface area contributed by atoms with E-state index in [1.165, 1.54) is 13.5 Å². The molecule has 1 spiro atoms. The first-order valence-electron chi connectivity index (χ1n) is 7.04. The molecule has 1 aliphatic heterocycles. The van der Waals surface area contributed by atoms with Gasteiger partial charge in [0, 0.05) is 0 Å². The molecular formula is C15H26O3. The van der Waals surface area contributed by atoms with Crippen LogP contribution >= 0.6 is 0 Å². The zero-order valence-electron chi connectivity index (χ0n) is 12.3. The van der Waals surface area contributed by atoms with Gasteiger partial charge in [0.25, 0.3) is 0 Å². The topological polar surface area (TPSA) is 38.8 Å². The van der Waals surface area contributed by atoms with Gasteiger partial charge >= 0.3 is 5.97 Å². The van der Waals surface area contributed by atoms with Gasteiger partial charge in [-0.15, -0.1) is 0 Å². The van der Waals surface area contributed by atoms with E-state index >= 15 is 0 Å². The molecule has 3 nitrogen and oxygen atoms in total. The Bertz CT molecular complexity index is 344. The molecule has 3 atom stereocenters. The summed E-state index contributed by atoms with van der Waals surface area (Å²) in [6.45, 7) is 8.81. The van der Waals surface area contributed by atoms with Crippen molar-refractivity contribution >= 4 is 5.97 Å². The van der Waals surface area contributed by atoms with Crippen molar-refractivity contribution in [2.75, 3.05) is 7.11 Å². The minimum atomic E-state index is -0.686. The van der Waals surface area contributed by atoms with Gasteiger partial charge in [-0.1, -0.05) is 27.2 Å². The Kier molecular flexibility index (Phi) is 3.25. The van der Waals surface area contributed by atoms with Crippen molar-refractivity contribution in [2.24, 2.45) is 11.3 Å². The lowest BCUT2D eigenvalue weighted by Gasteiger charge is -2.29. The molecule has 3 unspecified atom stereocenters.